The number of aromatic nitrogens is 1. The van der Waals surface area contributed by atoms with E-state index in [2.05, 4.69) is 22.4 Å². The van der Waals surface area contributed by atoms with E-state index in [0.29, 0.717) is 6.04 Å². The molecule has 0 amide bonds. The summed E-state index contributed by atoms with van der Waals surface area (Å²) in [6, 6.07) is 8.49. The molecule has 0 spiro atoms. The van der Waals surface area contributed by atoms with Crippen molar-refractivity contribution in [1.82, 2.24) is 10.3 Å². The molecule has 0 saturated heterocycles. The van der Waals surface area contributed by atoms with Crippen LogP contribution in [-0.4, -0.2) is 18.1 Å². The molecule has 0 bridgehead atoms. The van der Waals surface area contributed by atoms with Gasteiger partial charge >= 0.3 is 0 Å². The molecule has 0 aliphatic rings. The van der Waals surface area contributed by atoms with Crippen LogP contribution in [0, 0.1) is 0 Å². The highest BCUT2D eigenvalue weighted by Gasteiger charge is 2.09. The lowest BCUT2D eigenvalue weighted by Gasteiger charge is -2.15. The Kier molecular flexibility index (Phi) is 4.54. The molecule has 1 unspecified atom stereocenters. The third kappa shape index (κ3) is 3.80. The zero-order valence-corrected chi connectivity index (χ0v) is 11.3. The Balaban J connectivity index is 1.97. The summed E-state index contributed by atoms with van der Waals surface area (Å²) in [5.41, 5.74) is 3.18. The summed E-state index contributed by atoms with van der Waals surface area (Å²) in [6.45, 7) is 0. The van der Waals surface area contributed by atoms with Crippen LogP contribution in [0.1, 0.15) is 10.4 Å². The number of likely N-dealkylation sites (N-methyl/N-ethyl adjacent to an activating group) is 1. The molecule has 2 nitrogen and oxygen atoms in total. The van der Waals surface area contributed by atoms with Gasteiger partial charge in [0.2, 0.25) is 0 Å². The molecule has 90 valence electrons. The van der Waals surface area contributed by atoms with E-state index in [-0.39, 0.29) is 0 Å². The number of thiazole rings is 1. The van der Waals surface area contributed by atoms with E-state index in [4.69, 9.17) is 11.6 Å². The highest BCUT2D eigenvalue weighted by molar-refractivity contribution is 7.09. The largest absolute Gasteiger partial charge is 0.316 e. The first-order chi connectivity index (χ1) is 8.28. The van der Waals surface area contributed by atoms with Crippen LogP contribution in [0.4, 0.5) is 0 Å². The third-order valence-corrected chi connectivity index (χ3v) is 3.79. The van der Waals surface area contributed by atoms with E-state index in [1.54, 1.807) is 11.3 Å². The predicted molar refractivity (Wildman–Crippen MR) is 73.8 cm³/mol. The summed E-state index contributed by atoms with van der Waals surface area (Å²) in [5.74, 6) is 0. The molecule has 0 aliphatic carbocycles. The molecule has 2 aromatic rings. The summed E-state index contributed by atoms with van der Waals surface area (Å²) in [7, 11) is 2.00. The van der Waals surface area contributed by atoms with Crippen molar-refractivity contribution < 1.29 is 0 Å². The van der Waals surface area contributed by atoms with Crippen LogP contribution in [0.25, 0.3) is 0 Å². The molecule has 4 heteroatoms. The summed E-state index contributed by atoms with van der Waals surface area (Å²) >= 11 is 7.58. The normalized spacial score (nSPS) is 12.6. The lowest BCUT2D eigenvalue weighted by molar-refractivity contribution is 0.560. The van der Waals surface area contributed by atoms with Crippen LogP contribution in [0.2, 0.25) is 5.02 Å². The van der Waals surface area contributed by atoms with Gasteiger partial charge in [-0.25, -0.2) is 0 Å². The van der Waals surface area contributed by atoms with Crippen LogP contribution in [0.5, 0.6) is 0 Å². The maximum Gasteiger partial charge on any atom is 0.0794 e. The highest BCUT2D eigenvalue weighted by atomic mass is 35.5. The minimum Gasteiger partial charge on any atom is -0.316 e. The van der Waals surface area contributed by atoms with E-state index in [1.807, 2.05) is 30.9 Å². The molecule has 0 fully saturated rings. The minimum atomic E-state index is 0.441. The first kappa shape index (κ1) is 12.6. The third-order valence-electron chi connectivity index (χ3n) is 2.73. The van der Waals surface area contributed by atoms with E-state index in [9.17, 15) is 0 Å². The van der Waals surface area contributed by atoms with E-state index < -0.39 is 0 Å². The zero-order valence-electron chi connectivity index (χ0n) is 9.69. The summed E-state index contributed by atoms with van der Waals surface area (Å²) in [4.78, 5) is 5.42. The SMILES string of the molecule is CNC(Cc1ccc(Cl)cc1)Cc1cncs1. The number of nitrogens with one attached hydrogen (secondary N) is 1. The average molecular weight is 267 g/mol. The van der Waals surface area contributed by atoms with Gasteiger partial charge in [0, 0.05) is 22.1 Å². The van der Waals surface area contributed by atoms with Gasteiger partial charge in [-0.1, -0.05) is 23.7 Å². The molecule has 0 radical (unpaired) electrons. The van der Waals surface area contributed by atoms with Crippen LogP contribution in [-0.2, 0) is 12.8 Å². The molecule has 0 saturated carbocycles. The second-order valence-corrected chi connectivity index (χ2v) is 5.40. The molecule has 1 N–H and O–H groups in total. The lowest BCUT2D eigenvalue weighted by Crippen LogP contribution is -2.29. The van der Waals surface area contributed by atoms with Crippen molar-refractivity contribution in [3.8, 4) is 0 Å². The van der Waals surface area contributed by atoms with Crippen LogP contribution >= 0.6 is 22.9 Å². The Hall–Kier alpha value is -0.900. The molecule has 1 aromatic carbocycles. The van der Waals surface area contributed by atoms with Gasteiger partial charge in [-0.2, -0.15) is 0 Å². The number of rotatable bonds is 5. The van der Waals surface area contributed by atoms with Crippen molar-refractivity contribution in [1.29, 1.82) is 0 Å². The topological polar surface area (TPSA) is 24.9 Å². The zero-order chi connectivity index (χ0) is 12.1. The van der Waals surface area contributed by atoms with Gasteiger partial charge in [-0.15, -0.1) is 11.3 Å². The monoisotopic (exact) mass is 266 g/mol. The maximum absolute atomic E-state index is 5.87. The fourth-order valence-electron chi connectivity index (χ4n) is 1.77. The lowest BCUT2D eigenvalue weighted by atomic mass is 10.0. The second-order valence-electron chi connectivity index (χ2n) is 3.99. The maximum atomic E-state index is 5.87. The van der Waals surface area contributed by atoms with Crippen LogP contribution in [0.15, 0.2) is 36.0 Å². The Morgan fingerprint density at radius 1 is 1.29 bits per heavy atom. The number of hydrogen-bond donors (Lipinski definition) is 1. The quantitative estimate of drug-likeness (QED) is 0.899. The van der Waals surface area contributed by atoms with Gasteiger partial charge in [0.05, 0.1) is 5.51 Å². The Labute approximate surface area is 111 Å². The minimum absolute atomic E-state index is 0.441. The Morgan fingerprint density at radius 2 is 2.06 bits per heavy atom. The van der Waals surface area contributed by atoms with Gasteiger partial charge in [0.25, 0.3) is 0 Å². The van der Waals surface area contributed by atoms with Crippen LogP contribution in [0.3, 0.4) is 0 Å². The molecular formula is C13H15ClN2S. The predicted octanol–water partition coefficient (Wildman–Crippen LogP) is 3.17. The van der Waals surface area contributed by atoms with Crippen molar-refractivity contribution in [2.75, 3.05) is 7.05 Å². The summed E-state index contributed by atoms with van der Waals surface area (Å²) < 4.78 is 0. The van der Waals surface area contributed by atoms with Crippen molar-refractivity contribution in [2.45, 2.75) is 18.9 Å². The summed E-state index contributed by atoms with van der Waals surface area (Å²) in [5, 5.41) is 4.14. The molecule has 1 aromatic heterocycles. The highest BCUT2D eigenvalue weighted by Crippen LogP contribution is 2.14. The second kappa shape index (κ2) is 6.15. The molecular weight excluding hydrogens is 252 g/mol. The van der Waals surface area contributed by atoms with Gasteiger partial charge in [-0.3, -0.25) is 4.98 Å². The number of hydrogen-bond acceptors (Lipinski definition) is 3. The molecule has 1 atom stereocenters. The first-order valence-electron chi connectivity index (χ1n) is 5.57. The molecule has 2 rings (SSSR count). The molecule has 17 heavy (non-hydrogen) atoms. The Morgan fingerprint density at radius 3 is 2.65 bits per heavy atom. The van der Waals surface area contributed by atoms with Crippen molar-refractivity contribution in [2.24, 2.45) is 0 Å². The fraction of sp³-hybridized carbons (Fsp3) is 0.308. The van der Waals surface area contributed by atoms with Gasteiger partial charge in [0.1, 0.15) is 0 Å². The molecule has 0 aliphatic heterocycles. The van der Waals surface area contributed by atoms with Crippen molar-refractivity contribution >= 4 is 22.9 Å². The first-order valence-corrected chi connectivity index (χ1v) is 6.83. The molecule has 1 heterocycles. The fourth-order valence-corrected chi connectivity index (χ4v) is 2.57. The van der Waals surface area contributed by atoms with Gasteiger partial charge in [-0.05, 0) is 37.6 Å². The van der Waals surface area contributed by atoms with Crippen LogP contribution < -0.4 is 5.32 Å². The number of benzene rings is 1. The smallest absolute Gasteiger partial charge is 0.0794 e. The summed E-state index contributed by atoms with van der Waals surface area (Å²) in [6.07, 6.45) is 3.96. The van der Waals surface area contributed by atoms with E-state index in [0.717, 1.165) is 17.9 Å². The van der Waals surface area contributed by atoms with E-state index >= 15 is 0 Å². The van der Waals surface area contributed by atoms with Crippen molar-refractivity contribution in [3.63, 3.8) is 0 Å². The Bertz CT molecular complexity index is 439. The number of halogens is 1. The standard InChI is InChI=1S/C13H15ClN2S/c1-15-12(7-13-8-16-9-17-13)6-10-2-4-11(14)5-3-10/h2-5,8-9,12,15H,6-7H2,1H3. The van der Waals surface area contributed by atoms with Crippen molar-refractivity contribution in [3.05, 3.63) is 51.4 Å². The van der Waals surface area contributed by atoms with Gasteiger partial charge < -0.3 is 5.32 Å². The average Bonchev–Trinajstić information content (AvgIpc) is 2.84. The van der Waals surface area contributed by atoms with Gasteiger partial charge in [0.15, 0.2) is 0 Å². The van der Waals surface area contributed by atoms with E-state index in [1.165, 1.54) is 10.4 Å². The number of nitrogens with zero attached hydrogens (tertiary/aromatic N) is 1.